The highest BCUT2D eigenvalue weighted by Gasteiger charge is 2.46. The van der Waals surface area contributed by atoms with Gasteiger partial charge in [0.2, 0.25) is 0 Å². The highest BCUT2D eigenvalue weighted by Crippen LogP contribution is 2.44. The maximum atomic E-state index is 13.7. The highest BCUT2D eigenvalue weighted by molar-refractivity contribution is 5.69. The van der Waals surface area contributed by atoms with Crippen LogP contribution in [0.2, 0.25) is 0 Å². The second kappa shape index (κ2) is 6.91. The Bertz CT molecular complexity index is 501. The number of hydrogen-bond acceptors (Lipinski definition) is 3. The van der Waals surface area contributed by atoms with E-state index in [0.717, 1.165) is 0 Å². The lowest BCUT2D eigenvalue weighted by Crippen LogP contribution is -2.21. The van der Waals surface area contributed by atoms with Gasteiger partial charge in [-0.05, 0) is 13.3 Å². The molecule has 0 fully saturated rings. The van der Waals surface area contributed by atoms with Crippen LogP contribution in [0.1, 0.15) is 50.6 Å². The average Bonchev–Trinajstić information content (AvgIpc) is 2.92. The van der Waals surface area contributed by atoms with Crippen LogP contribution in [-0.2, 0) is 28.4 Å². The smallest absolute Gasteiger partial charge is 0.327 e. The molecule has 120 valence electrons. The van der Waals surface area contributed by atoms with Crippen molar-refractivity contribution in [3.8, 4) is 0 Å². The third-order valence-electron chi connectivity index (χ3n) is 2.91. The Morgan fingerprint density at radius 3 is 2.57 bits per heavy atom. The summed E-state index contributed by atoms with van der Waals surface area (Å²) < 4.78 is 58.0. The van der Waals surface area contributed by atoms with E-state index in [9.17, 15) is 22.4 Å². The predicted molar refractivity (Wildman–Crippen MR) is 67.4 cm³/mol. The van der Waals surface area contributed by atoms with Crippen LogP contribution in [0.25, 0.3) is 0 Å². The van der Waals surface area contributed by atoms with Gasteiger partial charge >= 0.3 is 5.97 Å². The SMILES string of the molecule is CC.CCOC(=O)Cn1nc(C(F)F)c2c1C(F)(F)CC2. The summed E-state index contributed by atoms with van der Waals surface area (Å²) in [4.78, 5) is 11.3. The summed E-state index contributed by atoms with van der Waals surface area (Å²) in [5.74, 6) is -4.02. The first-order valence-electron chi connectivity index (χ1n) is 6.78. The number of nitrogens with zero attached hydrogens (tertiary/aromatic N) is 2. The van der Waals surface area contributed by atoms with Gasteiger partial charge in [0.1, 0.15) is 17.9 Å². The maximum Gasteiger partial charge on any atom is 0.327 e. The van der Waals surface area contributed by atoms with Gasteiger partial charge in [-0.3, -0.25) is 9.48 Å². The Kier molecular flexibility index (Phi) is 5.74. The largest absolute Gasteiger partial charge is 0.465 e. The van der Waals surface area contributed by atoms with Crippen LogP contribution in [0.3, 0.4) is 0 Å². The van der Waals surface area contributed by atoms with Crippen molar-refractivity contribution in [1.82, 2.24) is 9.78 Å². The van der Waals surface area contributed by atoms with Gasteiger partial charge in [0.25, 0.3) is 12.3 Å². The number of ether oxygens (including phenoxy) is 1. The number of aromatic nitrogens is 2. The van der Waals surface area contributed by atoms with Gasteiger partial charge in [0, 0.05) is 12.0 Å². The first-order chi connectivity index (χ1) is 9.86. The van der Waals surface area contributed by atoms with Gasteiger partial charge in [0.15, 0.2) is 0 Å². The molecule has 21 heavy (non-hydrogen) atoms. The molecule has 1 heterocycles. The van der Waals surface area contributed by atoms with Gasteiger partial charge in [-0.2, -0.15) is 13.9 Å². The summed E-state index contributed by atoms with van der Waals surface area (Å²) in [6.07, 6.45) is -3.64. The molecule has 1 aromatic rings. The van der Waals surface area contributed by atoms with E-state index in [1.165, 1.54) is 0 Å². The van der Waals surface area contributed by atoms with Crippen molar-refractivity contribution in [2.75, 3.05) is 6.61 Å². The summed E-state index contributed by atoms with van der Waals surface area (Å²) in [6.45, 7) is 5.06. The zero-order valence-electron chi connectivity index (χ0n) is 12.1. The summed E-state index contributed by atoms with van der Waals surface area (Å²) in [5.41, 5.74) is -1.41. The molecule has 0 unspecified atom stereocenters. The van der Waals surface area contributed by atoms with Gasteiger partial charge in [-0.15, -0.1) is 0 Å². The molecule has 0 amide bonds. The second-order valence-corrected chi connectivity index (χ2v) is 4.18. The number of carbonyl (C=O) groups excluding carboxylic acids is 1. The summed E-state index contributed by atoms with van der Waals surface area (Å²) in [5, 5.41) is 3.44. The molecule has 0 aromatic carbocycles. The van der Waals surface area contributed by atoms with Crippen molar-refractivity contribution in [3.63, 3.8) is 0 Å². The molecular formula is C13H18F4N2O2. The molecule has 0 bridgehead atoms. The summed E-state index contributed by atoms with van der Waals surface area (Å²) in [7, 11) is 0. The minimum absolute atomic E-state index is 0.0837. The molecule has 0 N–H and O–H groups in total. The number of esters is 1. The number of fused-ring (bicyclic) bond motifs is 1. The Morgan fingerprint density at radius 2 is 2.05 bits per heavy atom. The molecule has 0 saturated heterocycles. The van der Waals surface area contributed by atoms with Gasteiger partial charge < -0.3 is 4.74 Å². The average molecular weight is 310 g/mol. The Morgan fingerprint density at radius 1 is 1.43 bits per heavy atom. The molecule has 0 atom stereocenters. The van der Waals surface area contributed by atoms with E-state index in [2.05, 4.69) is 9.84 Å². The van der Waals surface area contributed by atoms with E-state index in [0.29, 0.717) is 4.68 Å². The van der Waals surface area contributed by atoms with E-state index in [1.54, 1.807) is 6.92 Å². The minimum Gasteiger partial charge on any atom is -0.465 e. The third kappa shape index (κ3) is 3.54. The summed E-state index contributed by atoms with van der Waals surface area (Å²) >= 11 is 0. The second-order valence-electron chi connectivity index (χ2n) is 4.18. The molecule has 0 saturated carbocycles. The van der Waals surface area contributed by atoms with Crippen LogP contribution < -0.4 is 0 Å². The van der Waals surface area contributed by atoms with Crippen LogP contribution in [-0.4, -0.2) is 22.4 Å². The Hall–Kier alpha value is -1.60. The fraction of sp³-hybridized carbons (Fsp3) is 0.692. The number of carbonyl (C=O) groups is 1. The Labute approximate surface area is 120 Å². The van der Waals surface area contributed by atoms with Gasteiger partial charge in [0.05, 0.1) is 6.61 Å². The maximum absolute atomic E-state index is 13.7. The Balaban J connectivity index is 0.00000106. The third-order valence-corrected chi connectivity index (χ3v) is 2.91. The van der Waals surface area contributed by atoms with Gasteiger partial charge in [-0.25, -0.2) is 8.78 Å². The van der Waals surface area contributed by atoms with Crippen molar-refractivity contribution in [2.24, 2.45) is 0 Å². The fourth-order valence-electron chi connectivity index (χ4n) is 2.19. The van der Waals surface area contributed by atoms with Crippen LogP contribution >= 0.6 is 0 Å². The molecule has 0 spiro atoms. The molecular weight excluding hydrogens is 292 g/mol. The fourth-order valence-corrected chi connectivity index (χ4v) is 2.19. The summed E-state index contributed by atoms with van der Waals surface area (Å²) in [6, 6.07) is 0. The highest BCUT2D eigenvalue weighted by atomic mass is 19.3. The normalized spacial score (nSPS) is 15.4. The van der Waals surface area contributed by atoms with Crippen LogP contribution in [0, 0.1) is 0 Å². The van der Waals surface area contributed by atoms with Crippen molar-refractivity contribution in [2.45, 2.75) is 52.5 Å². The first-order valence-corrected chi connectivity index (χ1v) is 6.78. The monoisotopic (exact) mass is 310 g/mol. The van der Waals surface area contributed by atoms with E-state index >= 15 is 0 Å². The topological polar surface area (TPSA) is 44.1 Å². The lowest BCUT2D eigenvalue weighted by molar-refractivity contribution is -0.144. The van der Waals surface area contributed by atoms with Crippen molar-refractivity contribution in [3.05, 3.63) is 17.0 Å². The molecule has 1 aliphatic rings. The molecule has 4 nitrogen and oxygen atoms in total. The number of halogens is 4. The van der Waals surface area contributed by atoms with E-state index in [4.69, 9.17) is 0 Å². The minimum atomic E-state index is -3.23. The zero-order chi connectivity index (χ0) is 16.2. The van der Waals surface area contributed by atoms with Crippen LogP contribution in [0.15, 0.2) is 0 Å². The zero-order valence-corrected chi connectivity index (χ0v) is 12.1. The van der Waals surface area contributed by atoms with Crippen molar-refractivity contribution < 1.29 is 27.1 Å². The van der Waals surface area contributed by atoms with E-state index < -0.39 is 42.7 Å². The predicted octanol–water partition coefficient (Wildman–Crippen LogP) is 3.45. The number of rotatable bonds is 4. The molecule has 8 heteroatoms. The first kappa shape index (κ1) is 17.5. The standard InChI is InChI=1S/C11H12F4N2O2.C2H6/c1-2-19-7(18)5-17-9-6(3-4-11(9,14)15)8(16-17)10(12)13;1-2/h10H,2-5H2,1H3;1-2H3. The van der Waals surface area contributed by atoms with Crippen molar-refractivity contribution >= 4 is 5.97 Å². The van der Waals surface area contributed by atoms with Gasteiger partial charge in [-0.1, -0.05) is 13.8 Å². The molecule has 1 aromatic heterocycles. The molecule has 0 aliphatic heterocycles. The van der Waals surface area contributed by atoms with E-state index in [1.807, 2.05) is 13.8 Å². The number of hydrogen-bond donors (Lipinski definition) is 0. The van der Waals surface area contributed by atoms with Crippen LogP contribution in [0.5, 0.6) is 0 Å². The van der Waals surface area contributed by atoms with Crippen molar-refractivity contribution in [1.29, 1.82) is 0 Å². The van der Waals surface area contributed by atoms with E-state index in [-0.39, 0.29) is 18.6 Å². The number of alkyl halides is 4. The molecule has 2 rings (SSSR count). The quantitative estimate of drug-likeness (QED) is 0.632. The molecule has 1 aliphatic carbocycles. The lowest BCUT2D eigenvalue weighted by atomic mass is 10.2. The molecule has 0 radical (unpaired) electrons. The lowest BCUT2D eigenvalue weighted by Gasteiger charge is -2.12. The van der Waals surface area contributed by atoms with Crippen LogP contribution in [0.4, 0.5) is 17.6 Å².